The molecule has 0 aromatic heterocycles. The van der Waals surface area contributed by atoms with E-state index in [1.807, 2.05) is 12.1 Å². The summed E-state index contributed by atoms with van der Waals surface area (Å²) in [5, 5.41) is 2.64. The van der Waals surface area contributed by atoms with Gasteiger partial charge in [-0.25, -0.2) is 8.42 Å². The van der Waals surface area contributed by atoms with Crippen LogP contribution in [0.5, 0.6) is 0 Å². The van der Waals surface area contributed by atoms with Crippen molar-refractivity contribution in [2.75, 3.05) is 5.75 Å². The first-order chi connectivity index (χ1) is 8.02. The Labute approximate surface area is 100 Å². The van der Waals surface area contributed by atoms with E-state index in [-0.39, 0.29) is 17.4 Å². The molecule has 1 aromatic carbocycles. The van der Waals surface area contributed by atoms with Crippen molar-refractivity contribution in [1.82, 2.24) is 5.32 Å². The molecule has 1 atom stereocenters. The highest BCUT2D eigenvalue weighted by molar-refractivity contribution is 7.90. The van der Waals surface area contributed by atoms with Gasteiger partial charge in [-0.2, -0.15) is 0 Å². The van der Waals surface area contributed by atoms with Gasteiger partial charge in [0.1, 0.15) is 0 Å². The van der Waals surface area contributed by atoms with Crippen molar-refractivity contribution in [3.05, 3.63) is 48.0 Å². The molecule has 0 bridgehead atoms. The number of hydrogen-bond donors (Lipinski definition) is 1. The van der Waals surface area contributed by atoms with E-state index in [0.29, 0.717) is 0 Å². The molecule has 0 fully saturated rings. The lowest BCUT2D eigenvalue weighted by Gasteiger charge is -2.25. The highest BCUT2D eigenvalue weighted by atomic mass is 32.2. The fourth-order valence-corrected chi connectivity index (χ4v) is 3.62. The highest BCUT2D eigenvalue weighted by Crippen LogP contribution is 2.27. The van der Waals surface area contributed by atoms with E-state index in [2.05, 4.69) is 11.9 Å². The van der Waals surface area contributed by atoms with Crippen LogP contribution < -0.4 is 5.32 Å². The van der Waals surface area contributed by atoms with Gasteiger partial charge in [-0.1, -0.05) is 30.8 Å². The zero-order valence-electron chi connectivity index (χ0n) is 9.22. The van der Waals surface area contributed by atoms with Crippen molar-refractivity contribution in [2.45, 2.75) is 11.8 Å². The van der Waals surface area contributed by atoms with Crippen LogP contribution in [0.3, 0.4) is 0 Å². The van der Waals surface area contributed by atoms with E-state index in [0.717, 1.165) is 17.2 Å². The molecule has 1 heterocycles. The Morgan fingerprint density at radius 1 is 1.41 bits per heavy atom. The lowest BCUT2D eigenvalue weighted by atomic mass is 10.0. The van der Waals surface area contributed by atoms with Crippen LogP contribution in [0.2, 0.25) is 0 Å². The predicted octanol–water partition coefficient (Wildman–Crippen LogP) is 0.958. The Balaban J connectivity index is 2.39. The molecular formula is C12H13NO3S. The molecule has 4 nitrogen and oxygen atoms in total. The number of nitrogens with one attached hydrogen (secondary N) is 1. The molecule has 5 heteroatoms. The average Bonchev–Trinajstić information content (AvgIpc) is 2.27. The first kappa shape index (κ1) is 11.9. The maximum Gasteiger partial charge on any atom is 0.243 e. The Bertz CT molecular complexity index is 563. The Hall–Kier alpha value is -1.62. The molecule has 0 saturated carbocycles. The maximum absolute atomic E-state index is 11.7. The van der Waals surface area contributed by atoms with Crippen molar-refractivity contribution < 1.29 is 13.2 Å². The fourth-order valence-electron chi connectivity index (χ4n) is 2.00. The topological polar surface area (TPSA) is 63.2 Å². The largest absolute Gasteiger partial charge is 0.345 e. The normalized spacial score (nSPS) is 21.3. The van der Waals surface area contributed by atoms with Gasteiger partial charge in [0.05, 0.1) is 17.5 Å². The van der Waals surface area contributed by atoms with E-state index < -0.39 is 15.9 Å². The number of carbonyl (C=O) groups excluding carboxylic acids is 1. The number of amides is 1. The zero-order valence-corrected chi connectivity index (χ0v) is 10.0. The lowest BCUT2D eigenvalue weighted by molar-refractivity contribution is -0.117. The van der Waals surface area contributed by atoms with Crippen LogP contribution in [0.1, 0.15) is 17.2 Å². The van der Waals surface area contributed by atoms with Crippen LogP contribution in [0, 0.1) is 0 Å². The van der Waals surface area contributed by atoms with Gasteiger partial charge in [0.15, 0.2) is 9.84 Å². The molecule has 1 unspecified atom stereocenters. The number of sulfone groups is 1. The number of hydrogen-bond acceptors (Lipinski definition) is 3. The molecule has 0 radical (unpaired) electrons. The molecular weight excluding hydrogens is 238 g/mol. The van der Waals surface area contributed by atoms with Gasteiger partial charge in [0, 0.05) is 0 Å². The fraction of sp³-hybridized carbons (Fsp3) is 0.250. The van der Waals surface area contributed by atoms with Crippen LogP contribution in [0.4, 0.5) is 0 Å². The van der Waals surface area contributed by atoms with Gasteiger partial charge < -0.3 is 5.32 Å². The van der Waals surface area contributed by atoms with Gasteiger partial charge in [-0.15, -0.1) is 0 Å². The number of carbonyl (C=O) groups is 1. The third-order valence-corrected chi connectivity index (χ3v) is 4.32. The molecule has 0 spiro atoms. The molecule has 1 amide bonds. The van der Waals surface area contributed by atoms with E-state index >= 15 is 0 Å². The lowest BCUT2D eigenvalue weighted by Crippen LogP contribution is -2.36. The number of fused-ring (bicyclic) bond motifs is 1. The molecule has 17 heavy (non-hydrogen) atoms. The van der Waals surface area contributed by atoms with E-state index in [9.17, 15) is 13.2 Å². The third kappa shape index (κ3) is 2.55. The summed E-state index contributed by atoms with van der Waals surface area (Å²) in [4.78, 5) is 11.3. The monoisotopic (exact) mass is 251 g/mol. The first-order valence-corrected chi connectivity index (χ1v) is 7.05. The minimum Gasteiger partial charge on any atom is -0.345 e. The van der Waals surface area contributed by atoms with Crippen LogP contribution in [0.25, 0.3) is 0 Å². The molecule has 0 saturated heterocycles. The summed E-state index contributed by atoms with van der Waals surface area (Å²) >= 11 is 0. The van der Waals surface area contributed by atoms with Gasteiger partial charge in [0.2, 0.25) is 5.91 Å². The number of rotatable bonds is 2. The summed E-state index contributed by atoms with van der Waals surface area (Å²) in [6.45, 7) is 3.36. The second-order valence-corrected chi connectivity index (χ2v) is 6.13. The Kier molecular flexibility index (Phi) is 3.02. The molecule has 2 rings (SSSR count). The molecule has 1 N–H and O–H groups in total. The maximum atomic E-state index is 11.7. The predicted molar refractivity (Wildman–Crippen MR) is 65.0 cm³/mol. The molecule has 1 aromatic rings. The van der Waals surface area contributed by atoms with Crippen molar-refractivity contribution in [2.24, 2.45) is 0 Å². The standard InChI is InChI=1S/C12H13NO3S/c1-2-12(14)13-11-8-17(15,16)7-9-5-3-4-6-10(9)11/h2-6,11H,1,7-8H2,(H,13,14). The zero-order chi connectivity index (χ0) is 12.5. The summed E-state index contributed by atoms with van der Waals surface area (Å²) in [6.07, 6.45) is 1.14. The highest BCUT2D eigenvalue weighted by Gasteiger charge is 2.29. The summed E-state index contributed by atoms with van der Waals surface area (Å²) in [5.74, 6) is -0.366. The van der Waals surface area contributed by atoms with Crippen molar-refractivity contribution in [3.63, 3.8) is 0 Å². The summed E-state index contributed by atoms with van der Waals surface area (Å²) in [6, 6.07) is 6.78. The molecule has 1 aliphatic rings. The Morgan fingerprint density at radius 3 is 2.82 bits per heavy atom. The molecule has 90 valence electrons. The van der Waals surface area contributed by atoms with Crippen LogP contribution in [-0.4, -0.2) is 20.1 Å². The quantitative estimate of drug-likeness (QED) is 0.796. The second-order valence-electron chi connectivity index (χ2n) is 4.02. The first-order valence-electron chi connectivity index (χ1n) is 5.23. The third-order valence-electron chi connectivity index (χ3n) is 2.73. The van der Waals surface area contributed by atoms with E-state index in [4.69, 9.17) is 0 Å². The average molecular weight is 251 g/mol. The van der Waals surface area contributed by atoms with Gasteiger partial charge in [-0.05, 0) is 17.2 Å². The van der Waals surface area contributed by atoms with Gasteiger partial charge >= 0.3 is 0 Å². The summed E-state index contributed by atoms with van der Waals surface area (Å²) in [5.41, 5.74) is 1.63. The minimum absolute atomic E-state index is 0.0453. The summed E-state index contributed by atoms with van der Waals surface area (Å²) < 4.78 is 23.4. The van der Waals surface area contributed by atoms with Crippen LogP contribution >= 0.6 is 0 Å². The van der Waals surface area contributed by atoms with Gasteiger partial charge in [-0.3, -0.25) is 4.79 Å². The number of benzene rings is 1. The van der Waals surface area contributed by atoms with Gasteiger partial charge in [0.25, 0.3) is 0 Å². The van der Waals surface area contributed by atoms with Crippen molar-refractivity contribution in [3.8, 4) is 0 Å². The SMILES string of the molecule is C=CC(=O)NC1CS(=O)(=O)Cc2ccccc21. The van der Waals surface area contributed by atoms with Crippen molar-refractivity contribution in [1.29, 1.82) is 0 Å². The van der Waals surface area contributed by atoms with Crippen LogP contribution in [0.15, 0.2) is 36.9 Å². The minimum atomic E-state index is -3.15. The van der Waals surface area contributed by atoms with Crippen molar-refractivity contribution >= 4 is 15.7 Å². The second kappa shape index (κ2) is 4.33. The van der Waals surface area contributed by atoms with E-state index in [1.54, 1.807) is 12.1 Å². The van der Waals surface area contributed by atoms with Crippen LogP contribution in [-0.2, 0) is 20.4 Å². The molecule has 0 aliphatic carbocycles. The Morgan fingerprint density at radius 2 is 2.12 bits per heavy atom. The summed E-state index contributed by atoms with van der Waals surface area (Å²) in [7, 11) is -3.15. The van der Waals surface area contributed by atoms with E-state index in [1.165, 1.54) is 0 Å². The smallest absolute Gasteiger partial charge is 0.243 e. The molecule has 1 aliphatic heterocycles.